The predicted octanol–water partition coefficient (Wildman–Crippen LogP) is -0.227. The Labute approximate surface area is 202 Å². The van der Waals surface area contributed by atoms with E-state index >= 15 is 0 Å². The number of phenols is 3. The van der Waals surface area contributed by atoms with Crippen LogP contribution in [0.4, 0.5) is 0 Å². The molecule has 1 aromatic heterocycles. The summed E-state index contributed by atoms with van der Waals surface area (Å²) in [5.74, 6) is -2.44. The van der Waals surface area contributed by atoms with E-state index in [9.17, 15) is 40.5 Å². The molecular formula is C23H24O13. The van der Waals surface area contributed by atoms with Gasteiger partial charge in [0, 0.05) is 17.7 Å². The molecule has 3 aromatic rings. The maximum atomic E-state index is 13.5. The summed E-state index contributed by atoms with van der Waals surface area (Å²) in [5, 5.41) is 70.1. The molecule has 1 saturated heterocycles. The van der Waals surface area contributed by atoms with Crippen molar-refractivity contribution in [3.8, 4) is 45.8 Å². The van der Waals surface area contributed by atoms with E-state index in [-0.39, 0.29) is 39.5 Å². The van der Waals surface area contributed by atoms with E-state index in [0.29, 0.717) is 0 Å². The first-order chi connectivity index (χ1) is 17.1. The maximum absolute atomic E-state index is 13.5. The second-order valence-electron chi connectivity index (χ2n) is 7.97. The highest BCUT2D eigenvalue weighted by Gasteiger charge is 2.45. The molecule has 5 atom stereocenters. The van der Waals surface area contributed by atoms with Crippen molar-refractivity contribution in [3.05, 3.63) is 34.5 Å². The summed E-state index contributed by atoms with van der Waals surface area (Å²) >= 11 is 0. The van der Waals surface area contributed by atoms with Crippen molar-refractivity contribution in [3.63, 3.8) is 0 Å². The zero-order chi connectivity index (χ0) is 26.3. The second kappa shape index (κ2) is 9.72. The summed E-state index contributed by atoms with van der Waals surface area (Å²) in [5.41, 5.74) is -1.12. The monoisotopic (exact) mass is 508 g/mol. The van der Waals surface area contributed by atoms with Gasteiger partial charge >= 0.3 is 0 Å². The van der Waals surface area contributed by atoms with E-state index in [1.54, 1.807) is 0 Å². The van der Waals surface area contributed by atoms with Gasteiger partial charge in [-0.05, 0) is 12.1 Å². The van der Waals surface area contributed by atoms with Crippen LogP contribution in [-0.2, 0) is 4.74 Å². The molecule has 1 aliphatic rings. The van der Waals surface area contributed by atoms with Crippen molar-refractivity contribution < 1.29 is 59.1 Å². The van der Waals surface area contributed by atoms with Crippen molar-refractivity contribution in [2.75, 3.05) is 20.8 Å². The quantitative estimate of drug-likeness (QED) is 0.230. The fraction of sp³-hybridized carbons (Fsp3) is 0.348. The molecule has 0 bridgehead atoms. The van der Waals surface area contributed by atoms with Crippen LogP contribution in [0.1, 0.15) is 0 Å². The molecule has 4 rings (SSSR count). The summed E-state index contributed by atoms with van der Waals surface area (Å²) in [6.07, 6.45) is -8.42. The highest BCUT2D eigenvalue weighted by molar-refractivity contribution is 5.88. The van der Waals surface area contributed by atoms with Crippen LogP contribution in [0.25, 0.3) is 22.3 Å². The number of aliphatic hydroxyl groups is 4. The summed E-state index contributed by atoms with van der Waals surface area (Å²) in [4.78, 5) is 13.5. The first kappa shape index (κ1) is 25.3. The predicted molar refractivity (Wildman–Crippen MR) is 120 cm³/mol. The van der Waals surface area contributed by atoms with Gasteiger partial charge in [-0.15, -0.1) is 0 Å². The Balaban J connectivity index is 1.96. The summed E-state index contributed by atoms with van der Waals surface area (Å²) in [6.45, 7) is -0.740. The Hall–Kier alpha value is -3.75. The number of phenolic OH excluding ortho intramolecular Hbond substituents is 3. The lowest BCUT2D eigenvalue weighted by molar-refractivity contribution is -0.277. The Bertz CT molecular complexity index is 1310. The van der Waals surface area contributed by atoms with E-state index in [0.717, 1.165) is 12.1 Å². The first-order valence-electron chi connectivity index (χ1n) is 10.6. The molecule has 0 aliphatic carbocycles. The van der Waals surface area contributed by atoms with Gasteiger partial charge in [-0.3, -0.25) is 4.79 Å². The topological polar surface area (TPSA) is 209 Å². The molecular weight excluding hydrogens is 484 g/mol. The lowest BCUT2D eigenvalue weighted by Gasteiger charge is -2.39. The van der Waals surface area contributed by atoms with Crippen molar-refractivity contribution in [1.29, 1.82) is 0 Å². The molecule has 13 nitrogen and oxygen atoms in total. The average Bonchev–Trinajstić information content (AvgIpc) is 2.85. The SMILES string of the molecule is COc1cc(-c2oc3cc(O)cc(O)c3c(=O)c2OC2O[C@H](CO)[C@H](O)[C@H](O)[C@H]2O)cc(OC)c1O. The second-order valence-corrected chi connectivity index (χ2v) is 7.97. The molecule has 2 aromatic carbocycles. The highest BCUT2D eigenvalue weighted by atomic mass is 16.7. The first-order valence-corrected chi connectivity index (χ1v) is 10.6. The van der Waals surface area contributed by atoms with Crippen LogP contribution in [0.15, 0.2) is 33.5 Å². The van der Waals surface area contributed by atoms with Crippen molar-refractivity contribution in [2.24, 2.45) is 0 Å². The number of methoxy groups -OCH3 is 2. The van der Waals surface area contributed by atoms with Crippen LogP contribution in [0, 0.1) is 0 Å². The van der Waals surface area contributed by atoms with Crippen LogP contribution in [0.3, 0.4) is 0 Å². The van der Waals surface area contributed by atoms with Crippen molar-refractivity contribution in [2.45, 2.75) is 30.7 Å². The van der Waals surface area contributed by atoms with Crippen molar-refractivity contribution in [1.82, 2.24) is 0 Å². The summed E-state index contributed by atoms with van der Waals surface area (Å²) in [6, 6.07) is 4.55. The number of aliphatic hydroxyl groups excluding tert-OH is 4. The third kappa shape index (κ3) is 4.23. The minimum Gasteiger partial charge on any atom is -0.508 e. The van der Waals surface area contributed by atoms with E-state index in [4.69, 9.17) is 23.4 Å². The lowest BCUT2D eigenvalue weighted by atomic mass is 9.99. The third-order valence-electron chi connectivity index (χ3n) is 5.74. The summed E-state index contributed by atoms with van der Waals surface area (Å²) < 4.78 is 27.1. The fourth-order valence-electron chi connectivity index (χ4n) is 3.87. The molecule has 194 valence electrons. The lowest BCUT2D eigenvalue weighted by Crippen LogP contribution is -2.60. The van der Waals surface area contributed by atoms with Crippen LogP contribution in [0.2, 0.25) is 0 Å². The smallest absolute Gasteiger partial charge is 0.239 e. The molecule has 1 fully saturated rings. The number of benzene rings is 2. The number of fused-ring (bicyclic) bond motifs is 1. The molecule has 0 radical (unpaired) electrons. The molecule has 13 heteroatoms. The van der Waals surface area contributed by atoms with Gasteiger partial charge in [-0.2, -0.15) is 0 Å². The van der Waals surface area contributed by atoms with Gasteiger partial charge in [0.15, 0.2) is 17.3 Å². The standard InChI is InChI=1S/C23H24O13/c1-32-12-3-8(4-13(33-2)16(12)27)21-22(18(29)15-10(26)5-9(25)6-11(15)34-21)36-23-20(31)19(30)17(28)14(7-24)35-23/h3-6,14,17,19-20,23-28,30-31H,7H2,1-2H3/t14-,17+,19+,20-,23?/m1/s1. The number of hydrogen-bond donors (Lipinski definition) is 7. The molecule has 0 amide bonds. The van der Waals surface area contributed by atoms with Crippen LogP contribution >= 0.6 is 0 Å². The van der Waals surface area contributed by atoms with Crippen LogP contribution in [0.5, 0.6) is 34.5 Å². The maximum Gasteiger partial charge on any atom is 0.239 e. The normalized spacial score (nSPS) is 24.0. The molecule has 0 spiro atoms. The van der Waals surface area contributed by atoms with E-state index < -0.39 is 60.0 Å². The average molecular weight is 508 g/mol. The fourth-order valence-corrected chi connectivity index (χ4v) is 3.87. The minimum atomic E-state index is -1.86. The van der Waals surface area contributed by atoms with Gasteiger partial charge < -0.3 is 59.1 Å². The zero-order valence-electron chi connectivity index (χ0n) is 19.0. The Morgan fingerprint density at radius 3 is 2.14 bits per heavy atom. The number of rotatable bonds is 6. The summed E-state index contributed by atoms with van der Waals surface area (Å²) in [7, 11) is 2.55. The van der Waals surface area contributed by atoms with Crippen molar-refractivity contribution >= 4 is 11.0 Å². The van der Waals surface area contributed by atoms with E-state index in [2.05, 4.69) is 0 Å². The van der Waals surface area contributed by atoms with Gasteiger partial charge in [0.25, 0.3) is 0 Å². The zero-order valence-corrected chi connectivity index (χ0v) is 19.0. The highest BCUT2D eigenvalue weighted by Crippen LogP contribution is 2.43. The van der Waals surface area contributed by atoms with Gasteiger partial charge in [0.2, 0.25) is 23.2 Å². The number of aromatic hydroxyl groups is 3. The molecule has 1 unspecified atom stereocenters. The molecule has 36 heavy (non-hydrogen) atoms. The van der Waals surface area contributed by atoms with Crippen LogP contribution in [-0.4, -0.2) is 87.3 Å². The van der Waals surface area contributed by atoms with Gasteiger partial charge in [0.05, 0.1) is 20.8 Å². The Kier molecular flexibility index (Phi) is 6.84. The number of ether oxygens (including phenoxy) is 4. The molecule has 1 aliphatic heterocycles. The largest absolute Gasteiger partial charge is 0.508 e. The molecule has 0 saturated carbocycles. The Morgan fingerprint density at radius 1 is 0.917 bits per heavy atom. The molecule has 2 heterocycles. The van der Waals surface area contributed by atoms with Gasteiger partial charge in [-0.1, -0.05) is 0 Å². The third-order valence-corrected chi connectivity index (χ3v) is 5.74. The van der Waals surface area contributed by atoms with E-state index in [1.165, 1.54) is 26.4 Å². The minimum absolute atomic E-state index is 0.0651. The van der Waals surface area contributed by atoms with E-state index in [1.807, 2.05) is 0 Å². The number of hydrogen-bond acceptors (Lipinski definition) is 13. The van der Waals surface area contributed by atoms with Crippen LogP contribution < -0.4 is 19.6 Å². The van der Waals surface area contributed by atoms with Gasteiger partial charge in [0.1, 0.15) is 46.9 Å². The van der Waals surface area contributed by atoms with Gasteiger partial charge in [-0.25, -0.2) is 0 Å². The Morgan fingerprint density at radius 2 is 1.56 bits per heavy atom. The molecule has 7 N–H and O–H groups in total.